The summed E-state index contributed by atoms with van der Waals surface area (Å²) in [6.45, 7) is 2.95. The number of carboxylic acids is 1. The van der Waals surface area contributed by atoms with Gasteiger partial charge < -0.3 is 44.0 Å². The van der Waals surface area contributed by atoms with Crippen LogP contribution in [0.25, 0.3) is 0 Å². The molecule has 0 saturated carbocycles. The summed E-state index contributed by atoms with van der Waals surface area (Å²) in [6, 6.07) is -4.61. The summed E-state index contributed by atoms with van der Waals surface area (Å²) in [6.07, 6.45) is -0.121. The van der Waals surface area contributed by atoms with Crippen LogP contribution in [0.4, 0.5) is 0 Å². The molecule has 0 aliphatic carbocycles. The molecule has 170 valence electrons. The summed E-state index contributed by atoms with van der Waals surface area (Å²) in [4.78, 5) is 62.4. The maximum atomic E-state index is 12.5. The Morgan fingerprint density at radius 2 is 1.47 bits per heavy atom. The van der Waals surface area contributed by atoms with Gasteiger partial charge in [0, 0.05) is 6.54 Å². The number of carbonyl (C=O) groups excluding carboxylic acids is 4. The van der Waals surface area contributed by atoms with E-state index >= 15 is 0 Å². The molecule has 14 nitrogen and oxygen atoms in total. The fourth-order valence-electron chi connectivity index (χ4n) is 2.15. The van der Waals surface area contributed by atoms with Gasteiger partial charge in [-0.1, -0.05) is 0 Å². The number of amides is 4. The molecule has 0 bridgehead atoms. The topological polar surface area (TPSA) is 258 Å². The predicted octanol–water partition coefficient (Wildman–Crippen LogP) is -4.18. The van der Waals surface area contributed by atoms with Crippen LogP contribution in [0.5, 0.6) is 0 Å². The highest BCUT2D eigenvalue weighted by molar-refractivity contribution is 5.94. The van der Waals surface area contributed by atoms with Gasteiger partial charge in [-0.2, -0.15) is 0 Å². The van der Waals surface area contributed by atoms with Crippen molar-refractivity contribution in [2.75, 3.05) is 6.54 Å². The van der Waals surface area contributed by atoms with Crippen molar-refractivity contribution in [2.24, 2.45) is 27.9 Å². The Kier molecular flexibility index (Phi) is 11.5. The molecule has 0 aromatic rings. The van der Waals surface area contributed by atoms with Gasteiger partial charge in [0.05, 0.1) is 12.5 Å². The molecule has 0 aliphatic heterocycles. The summed E-state index contributed by atoms with van der Waals surface area (Å²) in [5.41, 5.74) is 20.9. The van der Waals surface area contributed by atoms with E-state index in [1.54, 1.807) is 0 Å². The molecule has 0 saturated heterocycles. The zero-order valence-electron chi connectivity index (χ0n) is 16.9. The van der Waals surface area contributed by atoms with Crippen LogP contribution in [0, 0.1) is 0 Å². The highest BCUT2D eigenvalue weighted by Gasteiger charge is 2.28. The van der Waals surface area contributed by atoms with E-state index in [1.807, 2.05) is 0 Å². The average molecular weight is 430 g/mol. The maximum absolute atomic E-state index is 12.5. The van der Waals surface area contributed by atoms with Gasteiger partial charge in [0.1, 0.15) is 18.1 Å². The van der Waals surface area contributed by atoms with Gasteiger partial charge in [-0.3, -0.25) is 24.2 Å². The van der Waals surface area contributed by atoms with Crippen LogP contribution >= 0.6 is 0 Å². The summed E-state index contributed by atoms with van der Waals surface area (Å²) in [5, 5.41) is 16.0. The van der Waals surface area contributed by atoms with Crippen LogP contribution in [0.15, 0.2) is 4.99 Å². The molecule has 0 aliphatic rings. The highest BCUT2D eigenvalue weighted by Crippen LogP contribution is 2.01. The summed E-state index contributed by atoms with van der Waals surface area (Å²) >= 11 is 0. The standard InChI is InChI=1S/C16H30N8O6/c1-7(17)12(26)23-9(4-3-5-21-16(19)20)14(28)22-8(2)13(27)24-10(15(29)30)6-11(18)25/h7-10H,3-6,17H2,1-2H3,(H2,18,25)(H,22,28)(H,23,26)(H,24,27)(H,29,30)(H4,19,20,21). The zero-order chi connectivity index (χ0) is 23.4. The van der Waals surface area contributed by atoms with Gasteiger partial charge in [-0.05, 0) is 26.7 Å². The first-order valence-electron chi connectivity index (χ1n) is 9.08. The van der Waals surface area contributed by atoms with Crippen molar-refractivity contribution in [3.8, 4) is 0 Å². The fourth-order valence-corrected chi connectivity index (χ4v) is 2.15. The maximum Gasteiger partial charge on any atom is 0.326 e. The number of hydrogen-bond acceptors (Lipinski definition) is 7. The summed E-state index contributed by atoms with van der Waals surface area (Å²) < 4.78 is 0. The Balaban J connectivity index is 5.04. The Hall–Kier alpha value is -3.42. The number of nitrogens with zero attached hydrogens (tertiary/aromatic N) is 1. The molecule has 0 fully saturated rings. The van der Waals surface area contributed by atoms with Crippen LogP contribution in [0.1, 0.15) is 33.1 Å². The quantitative estimate of drug-likeness (QED) is 0.0799. The first-order valence-corrected chi connectivity index (χ1v) is 9.08. The Bertz CT molecular complexity index is 677. The number of rotatable bonds is 13. The minimum absolute atomic E-state index is 0.121. The van der Waals surface area contributed by atoms with Crippen LogP contribution in [-0.2, 0) is 24.0 Å². The number of nitrogens with one attached hydrogen (secondary N) is 3. The first kappa shape index (κ1) is 26.6. The van der Waals surface area contributed by atoms with Crippen LogP contribution in [0.2, 0.25) is 0 Å². The van der Waals surface area contributed by atoms with Crippen molar-refractivity contribution in [1.82, 2.24) is 16.0 Å². The Labute approximate surface area is 173 Å². The van der Waals surface area contributed by atoms with Crippen LogP contribution in [-0.4, -0.2) is 71.4 Å². The highest BCUT2D eigenvalue weighted by atomic mass is 16.4. The van der Waals surface area contributed by atoms with E-state index in [0.29, 0.717) is 6.42 Å². The average Bonchev–Trinajstić information content (AvgIpc) is 2.62. The molecule has 0 aromatic carbocycles. The van der Waals surface area contributed by atoms with E-state index in [4.69, 9.17) is 28.0 Å². The number of nitrogens with two attached hydrogens (primary N) is 4. The molecule has 0 radical (unpaired) electrons. The molecular weight excluding hydrogens is 400 g/mol. The van der Waals surface area contributed by atoms with E-state index < -0.39 is 60.2 Å². The number of hydrogen-bond donors (Lipinski definition) is 8. The first-order chi connectivity index (χ1) is 13.8. The van der Waals surface area contributed by atoms with E-state index in [2.05, 4.69) is 20.9 Å². The molecule has 14 heteroatoms. The van der Waals surface area contributed by atoms with E-state index in [1.165, 1.54) is 13.8 Å². The van der Waals surface area contributed by atoms with Crippen molar-refractivity contribution in [2.45, 2.75) is 57.3 Å². The lowest BCUT2D eigenvalue weighted by atomic mass is 10.1. The lowest BCUT2D eigenvalue weighted by molar-refractivity contribution is -0.143. The molecule has 0 aromatic heterocycles. The number of carboxylic acid groups (broad SMARTS) is 1. The van der Waals surface area contributed by atoms with Gasteiger partial charge in [-0.15, -0.1) is 0 Å². The minimum atomic E-state index is -1.54. The van der Waals surface area contributed by atoms with Gasteiger partial charge >= 0.3 is 5.97 Å². The molecular formula is C16H30N8O6. The molecule has 0 heterocycles. The van der Waals surface area contributed by atoms with E-state index in [9.17, 15) is 24.0 Å². The smallest absolute Gasteiger partial charge is 0.326 e. The van der Waals surface area contributed by atoms with Crippen molar-refractivity contribution in [1.29, 1.82) is 0 Å². The molecule has 4 unspecified atom stereocenters. The molecule has 0 rings (SSSR count). The van der Waals surface area contributed by atoms with Gasteiger partial charge in [-0.25, -0.2) is 4.79 Å². The Morgan fingerprint density at radius 3 is 1.93 bits per heavy atom. The third kappa shape index (κ3) is 10.8. The lowest BCUT2D eigenvalue weighted by Crippen LogP contribution is -2.56. The van der Waals surface area contributed by atoms with E-state index in [-0.39, 0.29) is 18.9 Å². The largest absolute Gasteiger partial charge is 0.480 e. The van der Waals surface area contributed by atoms with Gasteiger partial charge in [0.15, 0.2) is 5.96 Å². The molecule has 30 heavy (non-hydrogen) atoms. The monoisotopic (exact) mass is 430 g/mol. The lowest BCUT2D eigenvalue weighted by Gasteiger charge is -2.22. The second-order valence-corrected chi connectivity index (χ2v) is 6.60. The van der Waals surface area contributed by atoms with Crippen molar-refractivity contribution < 1.29 is 29.1 Å². The molecule has 4 amide bonds. The van der Waals surface area contributed by atoms with E-state index in [0.717, 1.165) is 0 Å². The van der Waals surface area contributed by atoms with Crippen LogP contribution < -0.4 is 38.9 Å². The number of aliphatic carboxylic acids is 1. The molecule has 12 N–H and O–H groups in total. The minimum Gasteiger partial charge on any atom is -0.480 e. The third-order valence-electron chi connectivity index (χ3n) is 3.76. The van der Waals surface area contributed by atoms with Crippen molar-refractivity contribution >= 4 is 35.6 Å². The summed E-state index contributed by atoms with van der Waals surface area (Å²) in [7, 11) is 0. The normalized spacial score (nSPS) is 14.4. The fraction of sp³-hybridized carbons (Fsp3) is 0.625. The number of aliphatic imine (C=N–C) groups is 1. The number of guanidine groups is 1. The SMILES string of the molecule is CC(N)C(=O)NC(CCCN=C(N)N)C(=O)NC(C)C(=O)NC(CC(N)=O)C(=O)O. The second-order valence-electron chi connectivity index (χ2n) is 6.60. The van der Waals surface area contributed by atoms with Gasteiger partial charge in [0.2, 0.25) is 23.6 Å². The van der Waals surface area contributed by atoms with Gasteiger partial charge in [0.25, 0.3) is 0 Å². The predicted molar refractivity (Wildman–Crippen MR) is 106 cm³/mol. The summed E-state index contributed by atoms with van der Waals surface area (Å²) in [5.74, 6) is -4.62. The number of primary amides is 1. The zero-order valence-corrected chi connectivity index (χ0v) is 16.9. The number of carbonyl (C=O) groups is 5. The van der Waals surface area contributed by atoms with Crippen molar-refractivity contribution in [3.63, 3.8) is 0 Å². The van der Waals surface area contributed by atoms with Crippen LogP contribution in [0.3, 0.4) is 0 Å². The van der Waals surface area contributed by atoms with Crippen molar-refractivity contribution in [3.05, 3.63) is 0 Å². The third-order valence-corrected chi connectivity index (χ3v) is 3.76. The molecule has 0 spiro atoms. The molecule has 4 atom stereocenters. The second kappa shape index (κ2) is 12.9. The Morgan fingerprint density at radius 1 is 0.900 bits per heavy atom.